The summed E-state index contributed by atoms with van der Waals surface area (Å²) in [5.74, 6) is -2.33. The molecule has 0 aliphatic carbocycles. The SMILES string of the molecule is CCOC(=O)C[C@@H](N)C(=O)N(Cc1ccccc1)[C@H](C)C(=O)O. The molecule has 0 spiro atoms. The molecule has 7 nitrogen and oxygen atoms in total. The van der Waals surface area contributed by atoms with Gasteiger partial charge in [0.15, 0.2) is 0 Å². The molecule has 23 heavy (non-hydrogen) atoms. The smallest absolute Gasteiger partial charge is 0.326 e. The van der Waals surface area contributed by atoms with Gasteiger partial charge in [-0.05, 0) is 19.4 Å². The van der Waals surface area contributed by atoms with Crippen molar-refractivity contribution in [2.75, 3.05) is 6.61 Å². The van der Waals surface area contributed by atoms with Gasteiger partial charge >= 0.3 is 11.9 Å². The van der Waals surface area contributed by atoms with E-state index in [0.29, 0.717) is 0 Å². The van der Waals surface area contributed by atoms with Crippen LogP contribution in [0.15, 0.2) is 30.3 Å². The summed E-state index contributed by atoms with van der Waals surface area (Å²) in [6.07, 6.45) is -0.287. The fourth-order valence-electron chi connectivity index (χ4n) is 2.02. The number of nitrogens with zero attached hydrogens (tertiary/aromatic N) is 1. The molecule has 7 heteroatoms. The number of aliphatic carboxylic acids is 1. The second kappa shape index (κ2) is 8.89. The summed E-state index contributed by atoms with van der Waals surface area (Å²) in [7, 11) is 0. The van der Waals surface area contributed by atoms with Gasteiger partial charge in [-0.3, -0.25) is 9.59 Å². The maximum absolute atomic E-state index is 12.5. The quantitative estimate of drug-likeness (QED) is 0.684. The minimum Gasteiger partial charge on any atom is -0.480 e. The van der Waals surface area contributed by atoms with Gasteiger partial charge in [0.1, 0.15) is 6.04 Å². The molecular weight excluding hydrogens is 300 g/mol. The van der Waals surface area contributed by atoms with Crippen molar-refractivity contribution >= 4 is 17.8 Å². The molecular formula is C16H22N2O5. The van der Waals surface area contributed by atoms with E-state index in [1.807, 2.05) is 6.07 Å². The Morgan fingerprint density at radius 1 is 1.26 bits per heavy atom. The van der Waals surface area contributed by atoms with Crippen LogP contribution < -0.4 is 5.73 Å². The lowest BCUT2D eigenvalue weighted by Crippen LogP contribution is -2.50. The Bertz CT molecular complexity index is 547. The number of benzene rings is 1. The number of nitrogens with two attached hydrogens (primary N) is 1. The molecule has 126 valence electrons. The molecule has 3 N–H and O–H groups in total. The molecule has 0 bridgehead atoms. The minimum atomic E-state index is -1.14. The number of amides is 1. The highest BCUT2D eigenvalue weighted by molar-refractivity contribution is 5.89. The number of carboxylic acid groups (broad SMARTS) is 1. The number of carboxylic acids is 1. The van der Waals surface area contributed by atoms with E-state index in [1.165, 1.54) is 6.92 Å². The molecule has 0 aliphatic rings. The van der Waals surface area contributed by atoms with E-state index in [-0.39, 0.29) is 19.6 Å². The monoisotopic (exact) mass is 322 g/mol. The molecule has 1 amide bonds. The maximum atomic E-state index is 12.5. The van der Waals surface area contributed by atoms with Gasteiger partial charge in [0.2, 0.25) is 5.91 Å². The Labute approximate surface area is 135 Å². The molecule has 0 unspecified atom stereocenters. The molecule has 0 radical (unpaired) electrons. The van der Waals surface area contributed by atoms with Crippen molar-refractivity contribution in [1.82, 2.24) is 4.90 Å². The number of carbonyl (C=O) groups is 3. The Morgan fingerprint density at radius 3 is 2.39 bits per heavy atom. The number of rotatable bonds is 8. The highest BCUT2D eigenvalue weighted by atomic mass is 16.5. The van der Waals surface area contributed by atoms with E-state index in [4.69, 9.17) is 10.5 Å². The lowest BCUT2D eigenvalue weighted by Gasteiger charge is -2.29. The predicted octanol–water partition coefficient (Wildman–Crippen LogP) is 0.769. The Hall–Kier alpha value is -2.41. The highest BCUT2D eigenvalue weighted by Crippen LogP contribution is 2.11. The average molecular weight is 322 g/mol. The van der Waals surface area contributed by atoms with Gasteiger partial charge in [-0.25, -0.2) is 4.79 Å². The molecule has 0 aliphatic heterocycles. The first kappa shape index (κ1) is 18.6. The summed E-state index contributed by atoms with van der Waals surface area (Å²) < 4.78 is 4.76. The van der Waals surface area contributed by atoms with Gasteiger partial charge in [-0.2, -0.15) is 0 Å². The first-order valence-electron chi connectivity index (χ1n) is 7.35. The second-order valence-corrected chi connectivity index (χ2v) is 5.08. The van der Waals surface area contributed by atoms with Crippen molar-refractivity contribution in [3.63, 3.8) is 0 Å². The third-order valence-electron chi connectivity index (χ3n) is 3.31. The minimum absolute atomic E-state index is 0.101. The summed E-state index contributed by atoms with van der Waals surface area (Å²) in [6.45, 7) is 3.35. The number of ether oxygens (including phenoxy) is 1. The Kier molecular flexibility index (Phi) is 7.21. The third-order valence-corrected chi connectivity index (χ3v) is 3.31. The Morgan fingerprint density at radius 2 is 1.87 bits per heavy atom. The van der Waals surface area contributed by atoms with Crippen LogP contribution in [0.4, 0.5) is 0 Å². The average Bonchev–Trinajstić information content (AvgIpc) is 2.52. The van der Waals surface area contributed by atoms with Crippen molar-refractivity contribution in [2.24, 2.45) is 5.73 Å². The van der Waals surface area contributed by atoms with Crippen LogP contribution in [0.25, 0.3) is 0 Å². The van der Waals surface area contributed by atoms with Gasteiger partial charge in [-0.1, -0.05) is 30.3 Å². The molecule has 0 fully saturated rings. The number of hydrogen-bond donors (Lipinski definition) is 2. The zero-order valence-electron chi connectivity index (χ0n) is 13.3. The van der Waals surface area contributed by atoms with Crippen molar-refractivity contribution < 1.29 is 24.2 Å². The largest absolute Gasteiger partial charge is 0.480 e. The topological polar surface area (TPSA) is 110 Å². The third kappa shape index (κ3) is 5.71. The standard InChI is InChI=1S/C16H22N2O5/c1-3-23-14(19)9-13(17)15(20)18(11(2)16(21)22)10-12-7-5-4-6-8-12/h4-8,11,13H,3,9-10,17H2,1-2H3,(H,21,22)/t11-,13-/m1/s1. The van der Waals surface area contributed by atoms with Crippen LogP contribution in [0, 0.1) is 0 Å². The summed E-state index contributed by atoms with van der Waals surface area (Å²) >= 11 is 0. The molecule has 1 aromatic rings. The fraction of sp³-hybridized carbons (Fsp3) is 0.438. The molecule has 0 saturated carbocycles. The molecule has 1 rings (SSSR count). The first-order chi connectivity index (χ1) is 10.9. The summed E-state index contributed by atoms with van der Waals surface area (Å²) in [6, 6.07) is 6.78. The van der Waals surface area contributed by atoms with Gasteiger partial charge in [0.25, 0.3) is 0 Å². The van der Waals surface area contributed by atoms with Crippen molar-refractivity contribution in [2.45, 2.75) is 38.9 Å². The van der Waals surface area contributed by atoms with Crippen LogP contribution in [0.2, 0.25) is 0 Å². The van der Waals surface area contributed by atoms with Crippen LogP contribution >= 0.6 is 0 Å². The normalized spacial score (nSPS) is 13.0. The van der Waals surface area contributed by atoms with Crippen molar-refractivity contribution in [1.29, 1.82) is 0 Å². The Balaban J connectivity index is 2.88. The lowest BCUT2D eigenvalue weighted by molar-refractivity contribution is -0.152. The fourth-order valence-corrected chi connectivity index (χ4v) is 2.02. The van der Waals surface area contributed by atoms with Crippen LogP contribution in [-0.2, 0) is 25.7 Å². The van der Waals surface area contributed by atoms with Crippen LogP contribution in [-0.4, -0.2) is 46.5 Å². The predicted molar refractivity (Wildman–Crippen MR) is 83.3 cm³/mol. The van der Waals surface area contributed by atoms with E-state index < -0.39 is 29.9 Å². The number of carbonyl (C=O) groups excluding carboxylic acids is 2. The van der Waals surface area contributed by atoms with Crippen molar-refractivity contribution in [3.05, 3.63) is 35.9 Å². The van der Waals surface area contributed by atoms with Crippen LogP contribution in [0.5, 0.6) is 0 Å². The van der Waals surface area contributed by atoms with E-state index in [0.717, 1.165) is 10.5 Å². The van der Waals surface area contributed by atoms with Crippen LogP contribution in [0.1, 0.15) is 25.8 Å². The lowest BCUT2D eigenvalue weighted by atomic mass is 10.1. The zero-order valence-corrected chi connectivity index (χ0v) is 13.3. The first-order valence-corrected chi connectivity index (χ1v) is 7.35. The number of esters is 1. The van der Waals surface area contributed by atoms with Gasteiger partial charge in [0.05, 0.1) is 19.1 Å². The van der Waals surface area contributed by atoms with E-state index in [1.54, 1.807) is 31.2 Å². The van der Waals surface area contributed by atoms with Crippen molar-refractivity contribution in [3.8, 4) is 0 Å². The van der Waals surface area contributed by atoms with Gasteiger partial charge in [0, 0.05) is 6.54 Å². The highest BCUT2D eigenvalue weighted by Gasteiger charge is 2.30. The summed E-state index contributed by atoms with van der Waals surface area (Å²) in [5, 5.41) is 9.20. The van der Waals surface area contributed by atoms with E-state index in [2.05, 4.69) is 0 Å². The molecule has 0 aromatic heterocycles. The zero-order chi connectivity index (χ0) is 17.4. The van der Waals surface area contributed by atoms with Gasteiger partial charge < -0.3 is 20.5 Å². The van der Waals surface area contributed by atoms with Crippen LogP contribution in [0.3, 0.4) is 0 Å². The van der Waals surface area contributed by atoms with E-state index in [9.17, 15) is 19.5 Å². The maximum Gasteiger partial charge on any atom is 0.326 e. The molecule has 0 heterocycles. The second-order valence-electron chi connectivity index (χ2n) is 5.08. The summed E-state index contributed by atoms with van der Waals surface area (Å²) in [5.41, 5.74) is 6.53. The van der Waals surface area contributed by atoms with Gasteiger partial charge in [-0.15, -0.1) is 0 Å². The molecule has 1 aromatic carbocycles. The van der Waals surface area contributed by atoms with E-state index >= 15 is 0 Å². The number of hydrogen-bond acceptors (Lipinski definition) is 5. The molecule has 2 atom stereocenters. The summed E-state index contributed by atoms with van der Waals surface area (Å²) in [4.78, 5) is 36.3. The molecule has 0 saturated heterocycles.